The number of allylic oxidation sites excluding steroid dienone is 3. The molecule has 1 nitrogen and oxygen atoms in total. The van der Waals surface area contributed by atoms with Gasteiger partial charge in [-0.25, -0.2) is 0 Å². The Balaban J connectivity index is 2.47. The van der Waals surface area contributed by atoms with E-state index in [1.54, 1.807) is 0 Å². The molecule has 2 aromatic carbocycles. The molecule has 0 N–H and O–H groups in total. The van der Waals surface area contributed by atoms with Crippen molar-refractivity contribution in [3.8, 4) is 0 Å². The Morgan fingerprint density at radius 3 is 2.00 bits per heavy atom. The standard InChI is InChI=1S/C24H31N/c1-6-9-10-22(8-3)25(23-15-11-19(4)12-16-23)24-17-13-21(14-18-24)20(5)7-2/h8-18,20H,6-7H2,1-5H3/b10-9-,22-8+. The summed E-state index contributed by atoms with van der Waals surface area (Å²) in [5.41, 5.74) is 6.27. The second kappa shape index (κ2) is 9.27. The van der Waals surface area contributed by atoms with Crippen molar-refractivity contribution in [3.05, 3.63) is 83.6 Å². The first-order chi connectivity index (χ1) is 12.1. The zero-order valence-corrected chi connectivity index (χ0v) is 16.3. The molecule has 0 amide bonds. The number of hydrogen-bond acceptors (Lipinski definition) is 1. The van der Waals surface area contributed by atoms with E-state index in [2.05, 4.69) is 106 Å². The molecular formula is C24H31N. The van der Waals surface area contributed by atoms with Crippen LogP contribution < -0.4 is 4.90 Å². The van der Waals surface area contributed by atoms with Crippen molar-refractivity contribution in [2.24, 2.45) is 0 Å². The minimum absolute atomic E-state index is 0.600. The van der Waals surface area contributed by atoms with Crippen LogP contribution in [0, 0.1) is 6.92 Å². The van der Waals surface area contributed by atoms with Crippen molar-refractivity contribution in [1.82, 2.24) is 0 Å². The van der Waals surface area contributed by atoms with Gasteiger partial charge in [-0.1, -0.05) is 62.8 Å². The maximum atomic E-state index is 2.33. The van der Waals surface area contributed by atoms with E-state index in [9.17, 15) is 0 Å². The highest BCUT2D eigenvalue weighted by Crippen LogP contribution is 2.32. The van der Waals surface area contributed by atoms with Gasteiger partial charge in [0, 0.05) is 17.1 Å². The smallest absolute Gasteiger partial charge is 0.0461 e. The zero-order valence-electron chi connectivity index (χ0n) is 16.3. The lowest BCUT2D eigenvalue weighted by molar-refractivity contribution is 0.733. The molecule has 0 saturated heterocycles. The van der Waals surface area contributed by atoms with Crippen molar-refractivity contribution < 1.29 is 0 Å². The molecule has 0 bridgehead atoms. The molecule has 1 heteroatoms. The predicted octanol–water partition coefficient (Wildman–Crippen LogP) is 7.52. The number of rotatable bonds is 7. The Morgan fingerprint density at radius 1 is 0.960 bits per heavy atom. The number of aryl methyl sites for hydroxylation is 1. The summed E-state index contributed by atoms with van der Waals surface area (Å²) in [6, 6.07) is 17.8. The van der Waals surface area contributed by atoms with Crippen LogP contribution in [0.4, 0.5) is 11.4 Å². The second-order valence-electron chi connectivity index (χ2n) is 6.60. The van der Waals surface area contributed by atoms with Crippen LogP contribution in [0.25, 0.3) is 0 Å². The molecule has 0 spiro atoms. The van der Waals surface area contributed by atoms with Gasteiger partial charge in [0.05, 0.1) is 0 Å². The largest absolute Gasteiger partial charge is 0.311 e. The fourth-order valence-corrected chi connectivity index (χ4v) is 2.87. The Morgan fingerprint density at radius 2 is 1.52 bits per heavy atom. The first-order valence-electron chi connectivity index (χ1n) is 9.40. The molecule has 0 heterocycles. The maximum Gasteiger partial charge on any atom is 0.0461 e. The minimum Gasteiger partial charge on any atom is -0.311 e. The summed E-state index contributed by atoms with van der Waals surface area (Å²) < 4.78 is 0. The molecule has 2 rings (SSSR count). The topological polar surface area (TPSA) is 3.24 Å². The van der Waals surface area contributed by atoms with Crippen molar-refractivity contribution in [2.45, 2.75) is 53.4 Å². The third-order valence-corrected chi connectivity index (χ3v) is 4.70. The fraction of sp³-hybridized carbons (Fsp3) is 0.333. The molecule has 0 aliphatic carbocycles. The highest BCUT2D eigenvalue weighted by Gasteiger charge is 2.13. The van der Waals surface area contributed by atoms with Gasteiger partial charge in [-0.2, -0.15) is 0 Å². The number of nitrogens with zero attached hydrogens (tertiary/aromatic N) is 1. The van der Waals surface area contributed by atoms with E-state index in [-0.39, 0.29) is 0 Å². The lowest BCUT2D eigenvalue weighted by Crippen LogP contribution is -2.15. The summed E-state index contributed by atoms with van der Waals surface area (Å²) in [7, 11) is 0. The molecule has 0 fully saturated rings. The molecule has 0 saturated carbocycles. The summed E-state index contributed by atoms with van der Waals surface area (Å²) in [5, 5.41) is 0. The summed E-state index contributed by atoms with van der Waals surface area (Å²) in [5.74, 6) is 0.600. The van der Waals surface area contributed by atoms with E-state index >= 15 is 0 Å². The SMILES string of the molecule is C/C=C(\C=C/CC)N(c1ccc(C)cc1)c1ccc(C(C)CC)cc1. The lowest BCUT2D eigenvalue weighted by Gasteiger charge is -2.27. The molecule has 0 aliphatic heterocycles. The van der Waals surface area contributed by atoms with Crippen LogP contribution in [-0.4, -0.2) is 0 Å². The molecule has 1 atom stereocenters. The first-order valence-corrected chi connectivity index (χ1v) is 9.40. The predicted molar refractivity (Wildman–Crippen MR) is 112 cm³/mol. The average Bonchev–Trinajstić information content (AvgIpc) is 2.66. The number of hydrogen-bond donors (Lipinski definition) is 0. The Kier molecular flexibility index (Phi) is 7.06. The van der Waals surface area contributed by atoms with E-state index < -0.39 is 0 Å². The van der Waals surface area contributed by atoms with Crippen LogP contribution in [0.2, 0.25) is 0 Å². The molecule has 1 unspecified atom stereocenters. The van der Waals surface area contributed by atoms with Crippen LogP contribution in [0.15, 0.2) is 72.5 Å². The summed E-state index contributed by atoms with van der Waals surface area (Å²) >= 11 is 0. The van der Waals surface area contributed by atoms with Gasteiger partial charge in [0.2, 0.25) is 0 Å². The highest BCUT2D eigenvalue weighted by molar-refractivity contribution is 5.70. The van der Waals surface area contributed by atoms with Crippen molar-refractivity contribution >= 4 is 11.4 Å². The van der Waals surface area contributed by atoms with Gasteiger partial charge in [0.15, 0.2) is 0 Å². The number of anilines is 2. The van der Waals surface area contributed by atoms with E-state index in [1.165, 1.54) is 34.6 Å². The third-order valence-electron chi connectivity index (χ3n) is 4.70. The summed E-state index contributed by atoms with van der Waals surface area (Å²) in [6.45, 7) is 10.9. The molecule has 2 aromatic rings. The quantitative estimate of drug-likeness (QED) is 0.474. The Labute approximate surface area is 153 Å². The monoisotopic (exact) mass is 333 g/mol. The zero-order chi connectivity index (χ0) is 18.2. The van der Waals surface area contributed by atoms with Gasteiger partial charge in [-0.15, -0.1) is 0 Å². The van der Waals surface area contributed by atoms with E-state index in [0.717, 1.165) is 6.42 Å². The van der Waals surface area contributed by atoms with Crippen molar-refractivity contribution in [2.75, 3.05) is 4.90 Å². The fourth-order valence-electron chi connectivity index (χ4n) is 2.87. The Bertz CT molecular complexity index is 705. The summed E-state index contributed by atoms with van der Waals surface area (Å²) in [6.07, 6.45) is 8.80. The van der Waals surface area contributed by atoms with Gasteiger partial charge >= 0.3 is 0 Å². The highest BCUT2D eigenvalue weighted by atomic mass is 15.1. The van der Waals surface area contributed by atoms with Crippen LogP contribution >= 0.6 is 0 Å². The molecule has 0 aliphatic rings. The molecule has 25 heavy (non-hydrogen) atoms. The second-order valence-corrected chi connectivity index (χ2v) is 6.60. The van der Waals surface area contributed by atoms with Crippen LogP contribution in [0.1, 0.15) is 57.6 Å². The van der Waals surface area contributed by atoms with Crippen LogP contribution in [0.3, 0.4) is 0 Å². The van der Waals surface area contributed by atoms with Gasteiger partial charge < -0.3 is 4.90 Å². The molecule has 0 aromatic heterocycles. The van der Waals surface area contributed by atoms with Crippen molar-refractivity contribution in [1.29, 1.82) is 0 Å². The normalized spacial score (nSPS) is 13.2. The van der Waals surface area contributed by atoms with Gasteiger partial charge in [0.25, 0.3) is 0 Å². The Hall–Kier alpha value is -2.28. The first kappa shape index (κ1) is 19.1. The van der Waals surface area contributed by atoms with Crippen molar-refractivity contribution in [3.63, 3.8) is 0 Å². The van der Waals surface area contributed by atoms with Crippen LogP contribution in [-0.2, 0) is 0 Å². The van der Waals surface area contributed by atoms with Gasteiger partial charge in [-0.05, 0) is 68.5 Å². The molecule has 0 radical (unpaired) electrons. The average molecular weight is 334 g/mol. The van der Waals surface area contributed by atoms with E-state index in [4.69, 9.17) is 0 Å². The van der Waals surface area contributed by atoms with E-state index in [0.29, 0.717) is 5.92 Å². The molecule has 132 valence electrons. The number of benzene rings is 2. The lowest BCUT2D eigenvalue weighted by atomic mass is 9.98. The molecular weight excluding hydrogens is 302 g/mol. The maximum absolute atomic E-state index is 2.33. The van der Waals surface area contributed by atoms with Gasteiger partial charge in [0.1, 0.15) is 0 Å². The summed E-state index contributed by atoms with van der Waals surface area (Å²) in [4.78, 5) is 2.33. The third kappa shape index (κ3) is 4.85. The van der Waals surface area contributed by atoms with E-state index in [1.807, 2.05) is 0 Å². The minimum atomic E-state index is 0.600. The van der Waals surface area contributed by atoms with Gasteiger partial charge in [-0.3, -0.25) is 0 Å². The van der Waals surface area contributed by atoms with Crippen LogP contribution in [0.5, 0.6) is 0 Å².